The first-order valence-electron chi connectivity index (χ1n) is 8.20. The third kappa shape index (κ3) is 4.72. The Balaban J connectivity index is 1.97. The van der Waals surface area contributed by atoms with Gasteiger partial charge in [0.2, 0.25) is 0 Å². The number of carbonyl (C=O) groups is 1. The number of hydrogen-bond acceptors (Lipinski definition) is 4. The molecule has 2 atom stereocenters. The molecule has 1 aliphatic heterocycles. The van der Waals surface area contributed by atoms with Crippen molar-refractivity contribution in [3.05, 3.63) is 29.8 Å². The predicted octanol–water partition coefficient (Wildman–Crippen LogP) is 2.44. The summed E-state index contributed by atoms with van der Waals surface area (Å²) in [7, 11) is -3.06. The van der Waals surface area contributed by atoms with Gasteiger partial charge in [-0.1, -0.05) is 32.9 Å². The molecule has 1 aliphatic rings. The lowest BCUT2D eigenvalue weighted by atomic mass is 9.87. The molecule has 134 valence electrons. The number of ether oxygens (including phenoxy) is 1. The van der Waals surface area contributed by atoms with Gasteiger partial charge in [-0.2, -0.15) is 0 Å². The van der Waals surface area contributed by atoms with Crippen molar-refractivity contribution in [2.45, 2.75) is 58.1 Å². The molecule has 0 radical (unpaired) electrons. The minimum atomic E-state index is -3.06. The van der Waals surface area contributed by atoms with Gasteiger partial charge >= 0.3 is 0 Å². The van der Waals surface area contributed by atoms with E-state index in [0.717, 1.165) is 0 Å². The highest BCUT2D eigenvalue weighted by molar-refractivity contribution is 7.91. The number of nitrogens with one attached hydrogen (secondary N) is 1. The van der Waals surface area contributed by atoms with Gasteiger partial charge in [0, 0.05) is 0 Å². The Morgan fingerprint density at radius 1 is 1.25 bits per heavy atom. The summed E-state index contributed by atoms with van der Waals surface area (Å²) < 4.78 is 28.9. The van der Waals surface area contributed by atoms with Gasteiger partial charge in [0.1, 0.15) is 5.75 Å². The Morgan fingerprint density at radius 2 is 1.83 bits per heavy atom. The second kappa shape index (κ2) is 6.39. The molecule has 0 aromatic heterocycles. The van der Waals surface area contributed by atoms with Gasteiger partial charge < -0.3 is 10.1 Å². The maximum atomic E-state index is 12.3. The molecular formula is C18H27NO4S. The van der Waals surface area contributed by atoms with Crippen molar-refractivity contribution in [2.75, 3.05) is 11.5 Å². The number of amides is 1. The fraction of sp³-hybridized carbons (Fsp3) is 0.611. The molecule has 5 nitrogen and oxygen atoms in total. The van der Waals surface area contributed by atoms with E-state index >= 15 is 0 Å². The molecule has 1 aromatic rings. The quantitative estimate of drug-likeness (QED) is 0.902. The first-order chi connectivity index (χ1) is 10.9. The smallest absolute Gasteiger partial charge is 0.261 e. The molecule has 24 heavy (non-hydrogen) atoms. The number of sulfone groups is 1. The Morgan fingerprint density at radius 3 is 2.29 bits per heavy atom. The predicted molar refractivity (Wildman–Crippen MR) is 95.1 cm³/mol. The van der Waals surface area contributed by atoms with E-state index in [1.54, 1.807) is 13.8 Å². The van der Waals surface area contributed by atoms with Crippen molar-refractivity contribution in [1.29, 1.82) is 0 Å². The molecule has 1 aromatic carbocycles. The van der Waals surface area contributed by atoms with E-state index in [9.17, 15) is 13.2 Å². The summed E-state index contributed by atoms with van der Waals surface area (Å²) >= 11 is 0. The first kappa shape index (κ1) is 18.8. The molecule has 0 bridgehead atoms. The Bertz CT molecular complexity index is 704. The zero-order chi connectivity index (χ0) is 18.2. The van der Waals surface area contributed by atoms with Crippen LogP contribution in [-0.2, 0) is 20.0 Å². The average molecular weight is 353 g/mol. The van der Waals surface area contributed by atoms with Crippen LogP contribution in [-0.4, -0.2) is 37.5 Å². The molecule has 1 heterocycles. The van der Waals surface area contributed by atoms with Crippen molar-refractivity contribution < 1.29 is 17.9 Å². The zero-order valence-electron chi connectivity index (χ0n) is 15.0. The molecule has 0 spiro atoms. The van der Waals surface area contributed by atoms with Gasteiger partial charge in [0.05, 0.1) is 17.0 Å². The van der Waals surface area contributed by atoms with Gasteiger partial charge in [-0.25, -0.2) is 8.42 Å². The summed E-state index contributed by atoms with van der Waals surface area (Å²) in [6.07, 6.45) is -0.251. The number of carbonyl (C=O) groups excluding carboxylic acids is 1. The standard InChI is InChI=1S/C18H27NO4S/c1-13(16(20)19-18(5)10-11-24(21,22)12-18)23-15-8-6-14(7-9-15)17(2,3)4/h6-9,13H,10-12H2,1-5H3,(H,19,20). The lowest BCUT2D eigenvalue weighted by molar-refractivity contribution is -0.128. The van der Waals surface area contributed by atoms with E-state index in [1.165, 1.54) is 5.56 Å². The van der Waals surface area contributed by atoms with Crippen molar-refractivity contribution in [2.24, 2.45) is 0 Å². The SMILES string of the molecule is CC(Oc1ccc(C(C)(C)C)cc1)C(=O)NC1(C)CCS(=O)(=O)C1. The van der Waals surface area contributed by atoms with Gasteiger partial charge in [-0.3, -0.25) is 4.79 Å². The van der Waals surface area contributed by atoms with E-state index in [4.69, 9.17) is 4.74 Å². The Hall–Kier alpha value is -1.56. The molecule has 0 saturated carbocycles. The van der Waals surface area contributed by atoms with Gasteiger partial charge in [-0.05, 0) is 43.4 Å². The normalized spacial score (nSPS) is 24.4. The van der Waals surface area contributed by atoms with Crippen LogP contribution in [0.15, 0.2) is 24.3 Å². The fourth-order valence-electron chi connectivity index (χ4n) is 2.80. The summed E-state index contributed by atoms with van der Waals surface area (Å²) in [5, 5.41) is 2.82. The second-order valence-electron chi connectivity index (χ2n) is 7.93. The highest BCUT2D eigenvalue weighted by atomic mass is 32.2. The lowest BCUT2D eigenvalue weighted by Crippen LogP contribution is -2.51. The van der Waals surface area contributed by atoms with Crippen LogP contribution in [0.5, 0.6) is 5.75 Å². The minimum absolute atomic E-state index is 0.0151. The molecule has 2 rings (SSSR count). The van der Waals surface area contributed by atoms with E-state index in [0.29, 0.717) is 12.2 Å². The van der Waals surface area contributed by atoms with Gasteiger partial charge in [0.25, 0.3) is 5.91 Å². The lowest BCUT2D eigenvalue weighted by Gasteiger charge is -2.26. The largest absolute Gasteiger partial charge is 0.481 e. The summed E-state index contributed by atoms with van der Waals surface area (Å²) in [5.74, 6) is 0.427. The third-order valence-electron chi connectivity index (χ3n) is 4.33. The summed E-state index contributed by atoms with van der Waals surface area (Å²) in [5.41, 5.74) is 0.545. The van der Waals surface area contributed by atoms with E-state index in [1.807, 2.05) is 24.3 Å². The maximum Gasteiger partial charge on any atom is 0.261 e. The van der Waals surface area contributed by atoms with Crippen molar-refractivity contribution in [3.63, 3.8) is 0 Å². The summed E-state index contributed by atoms with van der Waals surface area (Å²) in [6.45, 7) is 9.83. The first-order valence-corrected chi connectivity index (χ1v) is 10.0. The summed E-state index contributed by atoms with van der Waals surface area (Å²) in [4.78, 5) is 12.3. The highest BCUT2D eigenvalue weighted by Gasteiger charge is 2.40. The molecule has 6 heteroatoms. The average Bonchev–Trinajstić information content (AvgIpc) is 2.72. The van der Waals surface area contributed by atoms with Crippen LogP contribution in [0.4, 0.5) is 0 Å². The molecular weight excluding hydrogens is 326 g/mol. The van der Waals surface area contributed by atoms with Gasteiger partial charge in [0.15, 0.2) is 15.9 Å². The van der Waals surface area contributed by atoms with E-state index in [-0.39, 0.29) is 22.8 Å². The van der Waals surface area contributed by atoms with E-state index < -0.39 is 21.5 Å². The maximum absolute atomic E-state index is 12.3. The van der Waals surface area contributed by atoms with E-state index in [2.05, 4.69) is 26.1 Å². The van der Waals surface area contributed by atoms with Gasteiger partial charge in [-0.15, -0.1) is 0 Å². The van der Waals surface area contributed by atoms with Crippen LogP contribution in [0.1, 0.15) is 46.6 Å². The van der Waals surface area contributed by atoms with Crippen molar-refractivity contribution in [3.8, 4) is 5.75 Å². The fourth-order valence-corrected chi connectivity index (χ4v) is 4.89. The topological polar surface area (TPSA) is 72.5 Å². The third-order valence-corrected chi connectivity index (χ3v) is 6.23. The Labute approximate surface area is 144 Å². The van der Waals surface area contributed by atoms with Crippen LogP contribution in [0.2, 0.25) is 0 Å². The second-order valence-corrected chi connectivity index (χ2v) is 10.1. The van der Waals surface area contributed by atoms with Crippen LogP contribution < -0.4 is 10.1 Å². The number of benzene rings is 1. The molecule has 1 saturated heterocycles. The zero-order valence-corrected chi connectivity index (χ0v) is 15.9. The van der Waals surface area contributed by atoms with Crippen LogP contribution in [0.25, 0.3) is 0 Å². The molecule has 1 N–H and O–H groups in total. The summed E-state index contributed by atoms with van der Waals surface area (Å²) in [6, 6.07) is 7.69. The highest BCUT2D eigenvalue weighted by Crippen LogP contribution is 2.25. The van der Waals surface area contributed by atoms with Crippen LogP contribution in [0, 0.1) is 0 Å². The van der Waals surface area contributed by atoms with Crippen LogP contribution in [0.3, 0.4) is 0 Å². The molecule has 1 fully saturated rings. The van der Waals surface area contributed by atoms with Crippen molar-refractivity contribution in [1.82, 2.24) is 5.32 Å². The number of hydrogen-bond donors (Lipinski definition) is 1. The molecule has 1 amide bonds. The monoisotopic (exact) mass is 353 g/mol. The molecule has 2 unspecified atom stereocenters. The van der Waals surface area contributed by atoms with Crippen LogP contribution >= 0.6 is 0 Å². The van der Waals surface area contributed by atoms with Crippen molar-refractivity contribution >= 4 is 15.7 Å². The minimum Gasteiger partial charge on any atom is -0.481 e. The Kier molecular flexibility index (Phi) is 5.00. The number of rotatable bonds is 4. The molecule has 0 aliphatic carbocycles.